The molecule has 0 fully saturated rings. The predicted octanol–water partition coefficient (Wildman–Crippen LogP) is 3.75. The first-order valence-electron chi connectivity index (χ1n) is 8.86. The third-order valence-corrected chi connectivity index (χ3v) is 4.43. The number of nitrogens with zero attached hydrogens (tertiary/aromatic N) is 2. The lowest BCUT2D eigenvalue weighted by atomic mass is 10.2. The first kappa shape index (κ1) is 18.6. The molecule has 0 radical (unpaired) electrons. The van der Waals surface area contributed by atoms with Crippen LogP contribution in [-0.4, -0.2) is 21.7 Å². The maximum absolute atomic E-state index is 13.0. The molecule has 27 heavy (non-hydrogen) atoms. The molecular formula is C21H23FN4O. The van der Waals surface area contributed by atoms with Crippen molar-refractivity contribution in [2.75, 3.05) is 5.32 Å². The molecule has 2 N–H and O–H groups in total. The molecule has 0 spiro atoms. The van der Waals surface area contributed by atoms with Crippen LogP contribution < -0.4 is 10.6 Å². The van der Waals surface area contributed by atoms with Crippen LogP contribution in [0.1, 0.15) is 23.9 Å². The first-order chi connectivity index (χ1) is 13.0. The van der Waals surface area contributed by atoms with Crippen molar-refractivity contribution >= 4 is 11.6 Å². The van der Waals surface area contributed by atoms with Gasteiger partial charge in [-0.15, -0.1) is 0 Å². The summed E-state index contributed by atoms with van der Waals surface area (Å²) in [5, 5.41) is 10.7. The van der Waals surface area contributed by atoms with Crippen LogP contribution in [0.25, 0.3) is 5.69 Å². The van der Waals surface area contributed by atoms with Crippen molar-refractivity contribution in [2.24, 2.45) is 0 Å². The Morgan fingerprint density at radius 1 is 1.11 bits per heavy atom. The summed E-state index contributed by atoms with van der Waals surface area (Å²) in [6, 6.07) is 15.5. The highest BCUT2D eigenvalue weighted by atomic mass is 19.1. The molecule has 140 valence electrons. The Balaban J connectivity index is 1.66. The molecular weight excluding hydrogens is 343 g/mol. The average molecular weight is 366 g/mol. The monoisotopic (exact) mass is 366 g/mol. The van der Waals surface area contributed by atoms with Crippen molar-refractivity contribution in [3.63, 3.8) is 0 Å². The molecule has 0 saturated carbocycles. The van der Waals surface area contributed by atoms with Gasteiger partial charge in [0.1, 0.15) is 11.9 Å². The second kappa shape index (κ2) is 8.03. The van der Waals surface area contributed by atoms with E-state index in [0.717, 1.165) is 28.3 Å². The van der Waals surface area contributed by atoms with Crippen molar-refractivity contribution < 1.29 is 9.18 Å². The van der Waals surface area contributed by atoms with Gasteiger partial charge in [0.05, 0.1) is 22.8 Å². The molecule has 0 aliphatic carbocycles. The molecule has 0 saturated heterocycles. The molecule has 0 aliphatic rings. The van der Waals surface area contributed by atoms with E-state index in [9.17, 15) is 9.18 Å². The van der Waals surface area contributed by atoms with E-state index >= 15 is 0 Å². The minimum atomic E-state index is -0.434. The Bertz CT molecular complexity index is 919. The van der Waals surface area contributed by atoms with E-state index in [4.69, 9.17) is 0 Å². The van der Waals surface area contributed by atoms with Crippen LogP contribution in [0.2, 0.25) is 0 Å². The van der Waals surface area contributed by atoms with Crippen LogP contribution >= 0.6 is 0 Å². The lowest BCUT2D eigenvalue weighted by Crippen LogP contribution is -2.37. The molecule has 1 aromatic heterocycles. The van der Waals surface area contributed by atoms with E-state index in [-0.39, 0.29) is 11.7 Å². The fourth-order valence-corrected chi connectivity index (χ4v) is 2.90. The Kier molecular flexibility index (Phi) is 5.54. The second-order valence-electron chi connectivity index (χ2n) is 6.50. The summed E-state index contributed by atoms with van der Waals surface area (Å²) in [5.41, 5.74) is 4.44. The number of carbonyl (C=O) groups is 1. The third kappa shape index (κ3) is 4.34. The van der Waals surface area contributed by atoms with Crippen molar-refractivity contribution in [3.8, 4) is 5.69 Å². The van der Waals surface area contributed by atoms with Gasteiger partial charge in [-0.2, -0.15) is 5.10 Å². The summed E-state index contributed by atoms with van der Waals surface area (Å²) >= 11 is 0. The summed E-state index contributed by atoms with van der Waals surface area (Å²) < 4.78 is 14.8. The zero-order valence-corrected chi connectivity index (χ0v) is 15.7. The number of para-hydroxylation sites is 1. The zero-order valence-electron chi connectivity index (χ0n) is 15.7. The minimum Gasteiger partial charge on any atom is -0.371 e. The molecule has 3 aromatic rings. The predicted molar refractivity (Wildman–Crippen MR) is 104 cm³/mol. The Labute approximate surface area is 158 Å². The minimum absolute atomic E-state index is 0.134. The number of aryl methyl sites for hydroxylation is 1. The molecule has 1 atom stereocenters. The van der Waals surface area contributed by atoms with Crippen molar-refractivity contribution in [3.05, 3.63) is 77.4 Å². The molecule has 0 bridgehead atoms. The number of nitrogens with one attached hydrogen (secondary N) is 2. The number of hydrogen-bond acceptors (Lipinski definition) is 3. The van der Waals surface area contributed by atoms with Gasteiger partial charge >= 0.3 is 0 Å². The van der Waals surface area contributed by atoms with Crippen LogP contribution in [0.3, 0.4) is 0 Å². The number of benzene rings is 2. The van der Waals surface area contributed by atoms with Crippen molar-refractivity contribution in [2.45, 2.75) is 33.4 Å². The van der Waals surface area contributed by atoms with E-state index in [1.807, 2.05) is 48.9 Å². The van der Waals surface area contributed by atoms with Gasteiger partial charge in [-0.05, 0) is 50.6 Å². The Morgan fingerprint density at radius 2 is 1.78 bits per heavy atom. The SMILES string of the molecule is Cc1nn(-c2ccccc2)c(C)c1NC(C)C(=O)NCc1ccc(F)cc1. The van der Waals surface area contributed by atoms with Crippen LogP contribution in [0, 0.1) is 19.7 Å². The molecule has 5 nitrogen and oxygen atoms in total. The summed E-state index contributed by atoms with van der Waals surface area (Å²) in [7, 11) is 0. The summed E-state index contributed by atoms with van der Waals surface area (Å²) in [6.45, 7) is 6.04. The van der Waals surface area contributed by atoms with Crippen molar-refractivity contribution in [1.82, 2.24) is 15.1 Å². The van der Waals surface area contributed by atoms with E-state index < -0.39 is 6.04 Å². The lowest BCUT2D eigenvalue weighted by Gasteiger charge is -2.16. The molecule has 0 aliphatic heterocycles. The van der Waals surface area contributed by atoms with Gasteiger partial charge in [-0.3, -0.25) is 4.79 Å². The molecule has 1 amide bonds. The van der Waals surface area contributed by atoms with Crippen molar-refractivity contribution in [1.29, 1.82) is 0 Å². The third-order valence-electron chi connectivity index (χ3n) is 4.43. The molecule has 3 rings (SSSR count). The number of aromatic nitrogens is 2. The van der Waals surface area contributed by atoms with Gasteiger partial charge in [0.2, 0.25) is 5.91 Å². The topological polar surface area (TPSA) is 59.0 Å². The van der Waals surface area contributed by atoms with Gasteiger partial charge in [-0.25, -0.2) is 9.07 Å². The van der Waals surface area contributed by atoms with E-state index in [1.54, 1.807) is 19.1 Å². The summed E-state index contributed by atoms with van der Waals surface area (Å²) in [5.74, 6) is -0.424. The van der Waals surface area contributed by atoms with Gasteiger partial charge in [-0.1, -0.05) is 30.3 Å². The Hall–Kier alpha value is -3.15. The normalized spacial score (nSPS) is 11.9. The maximum Gasteiger partial charge on any atom is 0.242 e. The zero-order chi connectivity index (χ0) is 19.4. The molecule has 1 unspecified atom stereocenters. The highest BCUT2D eigenvalue weighted by molar-refractivity contribution is 5.84. The van der Waals surface area contributed by atoms with E-state index in [1.165, 1.54) is 12.1 Å². The van der Waals surface area contributed by atoms with E-state index in [0.29, 0.717) is 6.54 Å². The number of anilines is 1. The summed E-state index contributed by atoms with van der Waals surface area (Å²) in [6.07, 6.45) is 0. The second-order valence-corrected chi connectivity index (χ2v) is 6.50. The number of carbonyl (C=O) groups excluding carboxylic acids is 1. The standard InChI is InChI=1S/C21H23FN4O/c1-14-20(16(3)26(25-14)19-7-5-4-6-8-19)24-15(2)21(27)23-13-17-9-11-18(22)12-10-17/h4-12,15,24H,13H2,1-3H3,(H,23,27). The van der Waals surface area contributed by atoms with Gasteiger partial charge < -0.3 is 10.6 Å². The van der Waals surface area contributed by atoms with E-state index in [2.05, 4.69) is 15.7 Å². The highest BCUT2D eigenvalue weighted by Gasteiger charge is 2.18. The first-order valence-corrected chi connectivity index (χ1v) is 8.86. The maximum atomic E-state index is 13.0. The number of amides is 1. The molecule has 2 aromatic carbocycles. The van der Waals surface area contributed by atoms with Crippen LogP contribution in [-0.2, 0) is 11.3 Å². The summed E-state index contributed by atoms with van der Waals surface area (Å²) in [4.78, 5) is 12.4. The van der Waals surface area contributed by atoms with Crippen LogP contribution in [0.4, 0.5) is 10.1 Å². The molecule has 6 heteroatoms. The Morgan fingerprint density at radius 3 is 2.44 bits per heavy atom. The average Bonchev–Trinajstić information content (AvgIpc) is 2.96. The van der Waals surface area contributed by atoms with Crippen LogP contribution in [0.5, 0.6) is 0 Å². The fourth-order valence-electron chi connectivity index (χ4n) is 2.90. The fraction of sp³-hybridized carbons (Fsp3) is 0.238. The van der Waals surface area contributed by atoms with Gasteiger partial charge in [0.15, 0.2) is 0 Å². The smallest absolute Gasteiger partial charge is 0.242 e. The lowest BCUT2D eigenvalue weighted by molar-refractivity contribution is -0.121. The van der Waals surface area contributed by atoms with Crippen LogP contribution in [0.15, 0.2) is 54.6 Å². The molecule has 1 heterocycles. The van der Waals surface area contributed by atoms with Gasteiger partial charge in [0, 0.05) is 6.54 Å². The highest BCUT2D eigenvalue weighted by Crippen LogP contribution is 2.23. The largest absolute Gasteiger partial charge is 0.371 e. The number of halogens is 1. The quantitative estimate of drug-likeness (QED) is 0.699. The number of hydrogen-bond donors (Lipinski definition) is 2. The number of rotatable bonds is 6. The van der Waals surface area contributed by atoms with Gasteiger partial charge in [0.25, 0.3) is 0 Å².